The van der Waals surface area contributed by atoms with Crippen LogP contribution in [0, 0.1) is 26.7 Å². The van der Waals surface area contributed by atoms with Crippen LogP contribution in [-0.2, 0) is 16.1 Å². The van der Waals surface area contributed by atoms with Crippen LogP contribution in [-0.4, -0.2) is 45.6 Å². The molecule has 8 heteroatoms. The third-order valence-electron chi connectivity index (χ3n) is 6.93. The van der Waals surface area contributed by atoms with Crippen LogP contribution in [0.25, 0.3) is 0 Å². The van der Waals surface area contributed by atoms with Crippen LogP contribution in [0.3, 0.4) is 0 Å². The number of ether oxygens (including phenoxy) is 1. The maximum atomic E-state index is 14.0. The number of hydrogen-bond acceptors (Lipinski definition) is 6. The van der Waals surface area contributed by atoms with E-state index in [4.69, 9.17) is 4.74 Å². The molecular formula is C31H36N4O3S. The van der Waals surface area contributed by atoms with Crippen molar-refractivity contribution in [3.63, 3.8) is 0 Å². The number of rotatable bonds is 10. The summed E-state index contributed by atoms with van der Waals surface area (Å²) < 4.78 is 5.26. The molecule has 2 atom stereocenters. The van der Waals surface area contributed by atoms with Crippen molar-refractivity contribution in [1.82, 2.24) is 14.9 Å². The molecule has 0 radical (unpaired) electrons. The molecule has 1 heterocycles. The highest BCUT2D eigenvalue weighted by atomic mass is 32.2. The van der Waals surface area contributed by atoms with Crippen molar-refractivity contribution in [2.75, 3.05) is 18.2 Å². The molecular weight excluding hydrogens is 508 g/mol. The molecule has 2 amide bonds. The van der Waals surface area contributed by atoms with Gasteiger partial charge in [0.25, 0.3) is 0 Å². The monoisotopic (exact) mass is 544 g/mol. The Morgan fingerprint density at radius 3 is 2.41 bits per heavy atom. The van der Waals surface area contributed by atoms with E-state index in [-0.39, 0.29) is 23.5 Å². The fraction of sp³-hybridized carbons (Fsp3) is 0.355. The molecule has 0 saturated carbocycles. The van der Waals surface area contributed by atoms with Crippen molar-refractivity contribution in [3.8, 4) is 5.75 Å². The van der Waals surface area contributed by atoms with Gasteiger partial charge < -0.3 is 15.0 Å². The second-order valence-electron chi connectivity index (χ2n) is 9.88. The lowest BCUT2D eigenvalue weighted by Crippen LogP contribution is -2.52. The van der Waals surface area contributed by atoms with Crippen molar-refractivity contribution in [2.45, 2.75) is 57.8 Å². The summed E-state index contributed by atoms with van der Waals surface area (Å²) in [5.41, 5.74) is 4.49. The van der Waals surface area contributed by atoms with Crippen molar-refractivity contribution in [3.05, 3.63) is 89.3 Å². The molecule has 0 bridgehead atoms. The van der Waals surface area contributed by atoms with E-state index in [2.05, 4.69) is 27.4 Å². The number of nitrogens with zero attached hydrogens (tertiary/aromatic N) is 3. The van der Waals surface area contributed by atoms with Crippen LogP contribution in [0.5, 0.6) is 5.75 Å². The molecule has 204 valence electrons. The topological polar surface area (TPSA) is 84.4 Å². The summed E-state index contributed by atoms with van der Waals surface area (Å²) >= 11 is 1.31. The predicted molar refractivity (Wildman–Crippen MR) is 156 cm³/mol. The van der Waals surface area contributed by atoms with Gasteiger partial charge in [0, 0.05) is 23.6 Å². The Labute approximate surface area is 235 Å². The smallest absolute Gasteiger partial charge is 0.247 e. The first kappa shape index (κ1) is 28.4. The number of thioether (sulfide) groups is 1. The van der Waals surface area contributed by atoms with Crippen LogP contribution in [0.1, 0.15) is 41.8 Å². The number of aromatic nitrogens is 2. The molecule has 7 nitrogen and oxygen atoms in total. The molecule has 0 fully saturated rings. The molecule has 2 aromatic carbocycles. The van der Waals surface area contributed by atoms with E-state index in [1.807, 2.05) is 75.4 Å². The van der Waals surface area contributed by atoms with Crippen LogP contribution in [0.4, 0.5) is 5.69 Å². The van der Waals surface area contributed by atoms with Gasteiger partial charge in [-0.15, -0.1) is 0 Å². The van der Waals surface area contributed by atoms with Crippen LogP contribution >= 0.6 is 11.8 Å². The van der Waals surface area contributed by atoms with Crippen LogP contribution in [0.2, 0.25) is 0 Å². The normalized spacial score (nSPS) is 15.4. The molecule has 1 aromatic heterocycles. The fourth-order valence-electron chi connectivity index (χ4n) is 4.88. The lowest BCUT2D eigenvalue weighted by atomic mass is 9.85. The van der Waals surface area contributed by atoms with Gasteiger partial charge >= 0.3 is 0 Å². The molecule has 4 rings (SSSR count). The van der Waals surface area contributed by atoms with E-state index in [1.54, 1.807) is 12.0 Å². The van der Waals surface area contributed by atoms with Crippen molar-refractivity contribution in [2.24, 2.45) is 5.92 Å². The standard InChI is InChI=1S/C31H36N4O3S/c1-21-10-8-9-13-25(21)19-35(28(36)20-39-31-32-22(2)18-23(3)33-31)29(24-11-6-5-7-12-24)30(37)34-26-14-16-27(38-4)17-15-26/h5-6,8-10,13-18,24,29H,7,11-12,19-20H2,1-4H3,(H,34,37)/t24-,29-/m1/s1. The van der Waals surface area contributed by atoms with Crippen molar-refractivity contribution in [1.29, 1.82) is 0 Å². The molecule has 0 spiro atoms. The number of anilines is 1. The number of amides is 2. The first-order chi connectivity index (χ1) is 18.8. The number of carbonyl (C=O) groups excluding carboxylic acids is 2. The minimum Gasteiger partial charge on any atom is -0.497 e. The van der Waals surface area contributed by atoms with Gasteiger partial charge in [-0.3, -0.25) is 9.59 Å². The summed E-state index contributed by atoms with van der Waals surface area (Å²) in [4.78, 5) is 38.7. The minimum absolute atomic E-state index is 0.00341. The zero-order valence-electron chi connectivity index (χ0n) is 23.0. The Kier molecular flexibility index (Phi) is 9.76. The van der Waals surface area contributed by atoms with Gasteiger partial charge in [0.2, 0.25) is 11.8 Å². The van der Waals surface area contributed by atoms with Gasteiger partial charge in [0.1, 0.15) is 11.8 Å². The number of allylic oxidation sites excluding steroid dienone is 2. The molecule has 0 saturated heterocycles. The van der Waals surface area contributed by atoms with Gasteiger partial charge in [-0.25, -0.2) is 9.97 Å². The third-order valence-corrected chi connectivity index (χ3v) is 7.76. The fourth-order valence-corrected chi connectivity index (χ4v) is 5.72. The molecule has 1 aliphatic carbocycles. The zero-order chi connectivity index (χ0) is 27.8. The first-order valence-electron chi connectivity index (χ1n) is 13.2. The number of carbonyl (C=O) groups is 2. The molecule has 0 aliphatic heterocycles. The van der Waals surface area contributed by atoms with Gasteiger partial charge in [-0.2, -0.15) is 0 Å². The number of nitrogens with one attached hydrogen (secondary N) is 1. The first-order valence-corrected chi connectivity index (χ1v) is 14.2. The van der Waals surface area contributed by atoms with Crippen molar-refractivity contribution >= 4 is 29.3 Å². The van der Waals surface area contributed by atoms with E-state index in [0.29, 0.717) is 23.1 Å². The second kappa shape index (κ2) is 13.4. The summed E-state index contributed by atoms with van der Waals surface area (Å²) in [6.07, 6.45) is 6.73. The lowest BCUT2D eigenvalue weighted by molar-refractivity contribution is -0.139. The molecule has 1 N–H and O–H groups in total. The largest absolute Gasteiger partial charge is 0.497 e. The minimum atomic E-state index is -0.634. The van der Waals surface area contributed by atoms with E-state index >= 15 is 0 Å². The van der Waals surface area contributed by atoms with Gasteiger partial charge in [0.15, 0.2) is 5.16 Å². The second-order valence-corrected chi connectivity index (χ2v) is 10.8. The predicted octanol–water partition coefficient (Wildman–Crippen LogP) is 5.89. The summed E-state index contributed by atoms with van der Waals surface area (Å²) in [6.45, 7) is 6.22. The van der Waals surface area contributed by atoms with E-state index in [0.717, 1.165) is 41.8 Å². The van der Waals surface area contributed by atoms with Gasteiger partial charge in [-0.05, 0) is 87.4 Å². The highest BCUT2D eigenvalue weighted by Crippen LogP contribution is 2.29. The summed E-state index contributed by atoms with van der Waals surface area (Å²) in [7, 11) is 1.61. The average Bonchev–Trinajstić information content (AvgIpc) is 2.93. The highest BCUT2D eigenvalue weighted by molar-refractivity contribution is 7.99. The van der Waals surface area contributed by atoms with E-state index in [9.17, 15) is 9.59 Å². The Bertz CT molecular complexity index is 1310. The number of methoxy groups -OCH3 is 1. The Balaban J connectivity index is 1.65. The number of aryl methyl sites for hydroxylation is 3. The molecule has 3 aromatic rings. The molecule has 1 aliphatic rings. The van der Waals surface area contributed by atoms with Gasteiger partial charge in [-0.1, -0.05) is 48.2 Å². The number of benzene rings is 2. The lowest BCUT2D eigenvalue weighted by Gasteiger charge is -2.37. The summed E-state index contributed by atoms with van der Waals surface area (Å²) in [6, 6.07) is 16.5. The average molecular weight is 545 g/mol. The molecule has 39 heavy (non-hydrogen) atoms. The third kappa shape index (κ3) is 7.69. The van der Waals surface area contributed by atoms with Crippen LogP contribution in [0.15, 0.2) is 71.9 Å². The van der Waals surface area contributed by atoms with E-state index < -0.39 is 6.04 Å². The number of hydrogen-bond donors (Lipinski definition) is 1. The van der Waals surface area contributed by atoms with Crippen LogP contribution < -0.4 is 10.1 Å². The summed E-state index contributed by atoms with van der Waals surface area (Å²) in [5, 5.41) is 3.64. The quantitative estimate of drug-likeness (QED) is 0.195. The Morgan fingerprint density at radius 2 is 1.77 bits per heavy atom. The SMILES string of the molecule is COc1ccc(NC(=O)[C@@H]([C@@H]2CC=CCC2)N(Cc2ccccc2C)C(=O)CSc2nc(C)cc(C)n2)cc1. The maximum absolute atomic E-state index is 14.0. The molecule has 0 unspecified atom stereocenters. The Hall–Kier alpha value is -3.65. The Morgan fingerprint density at radius 1 is 1.05 bits per heavy atom. The highest BCUT2D eigenvalue weighted by Gasteiger charge is 2.36. The maximum Gasteiger partial charge on any atom is 0.247 e. The zero-order valence-corrected chi connectivity index (χ0v) is 23.8. The summed E-state index contributed by atoms with van der Waals surface area (Å²) in [5.74, 6) is 0.557. The van der Waals surface area contributed by atoms with E-state index in [1.165, 1.54) is 11.8 Å². The van der Waals surface area contributed by atoms with Crippen molar-refractivity contribution < 1.29 is 14.3 Å². The van der Waals surface area contributed by atoms with Gasteiger partial charge in [0.05, 0.1) is 12.9 Å².